The molecule has 0 bridgehead atoms. The van der Waals surface area contributed by atoms with Gasteiger partial charge in [0.15, 0.2) is 0 Å². The van der Waals surface area contributed by atoms with Crippen molar-refractivity contribution in [2.75, 3.05) is 13.1 Å². The number of Topliss-reactive ketones (excluding diaryl/α,β-unsaturated/α-hetero) is 1. The third-order valence-corrected chi connectivity index (χ3v) is 3.19. The number of nitrogens with zero attached hydrogens (tertiary/aromatic N) is 3. The summed E-state index contributed by atoms with van der Waals surface area (Å²) in [6, 6.07) is 2.16. The van der Waals surface area contributed by atoms with Crippen LogP contribution in [0, 0.1) is 0 Å². The first-order chi connectivity index (χ1) is 7.69. The van der Waals surface area contributed by atoms with Gasteiger partial charge in [-0.3, -0.25) is 14.4 Å². The molecule has 1 aliphatic rings. The minimum Gasteiger partial charge on any atom is -0.300 e. The van der Waals surface area contributed by atoms with E-state index in [4.69, 9.17) is 0 Å². The van der Waals surface area contributed by atoms with Gasteiger partial charge in [0.1, 0.15) is 5.78 Å². The van der Waals surface area contributed by atoms with E-state index in [-0.39, 0.29) is 0 Å². The van der Waals surface area contributed by atoms with E-state index < -0.39 is 0 Å². The molecule has 4 heteroatoms. The number of hydrogen-bond acceptors (Lipinski definition) is 3. The molecule has 0 radical (unpaired) electrons. The minimum absolute atomic E-state index is 0.399. The molecule has 0 atom stereocenters. The summed E-state index contributed by atoms with van der Waals surface area (Å²) in [6.45, 7) is 4.82. The Morgan fingerprint density at radius 3 is 2.62 bits per heavy atom. The second-order valence-corrected chi connectivity index (χ2v) is 4.42. The summed E-state index contributed by atoms with van der Waals surface area (Å²) in [5.41, 5.74) is 2.39. The molecule has 4 nitrogen and oxygen atoms in total. The molecule has 0 saturated carbocycles. The van der Waals surface area contributed by atoms with E-state index in [0.29, 0.717) is 18.6 Å². The molecule has 0 amide bonds. The van der Waals surface area contributed by atoms with Crippen molar-refractivity contribution in [2.45, 2.75) is 32.7 Å². The lowest BCUT2D eigenvalue weighted by molar-refractivity contribution is -0.121. The van der Waals surface area contributed by atoms with Crippen LogP contribution >= 0.6 is 0 Å². The highest BCUT2D eigenvalue weighted by atomic mass is 16.1. The first-order valence-corrected chi connectivity index (χ1v) is 5.95. The summed E-state index contributed by atoms with van der Waals surface area (Å²) in [7, 11) is 1.99. The van der Waals surface area contributed by atoms with E-state index in [1.165, 1.54) is 5.69 Å². The molecular weight excluding hydrogens is 202 g/mol. The molecule has 1 fully saturated rings. The van der Waals surface area contributed by atoms with Crippen LogP contribution in [0.2, 0.25) is 0 Å². The van der Waals surface area contributed by atoms with E-state index in [1.807, 2.05) is 11.7 Å². The molecule has 1 aromatic heterocycles. The normalized spacial score (nSPS) is 18.0. The van der Waals surface area contributed by atoms with E-state index in [2.05, 4.69) is 23.0 Å². The summed E-state index contributed by atoms with van der Waals surface area (Å²) in [4.78, 5) is 13.5. The SMILES string of the molecule is CCc1cc(CN2CCC(=O)CC2)n(C)n1. The number of aromatic nitrogens is 2. The summed E-state index contributed by atoms with van der Waals surface area (Å²) >= 11 is 0. The van der Waals surface area contributed by atoms with Crippen LogP contribution in [0.3, 0.4) is 0 Å². The molecule has 0 spiro atoms. The topological polar surface area (TPSA) is 38.1 Å². The zero-order chi connectivity index (χ0) is 11.5. The Hall–Kier alpha value is -1.16. The van der Waals surface area contributed by atoms with Crippen molar-refractivity contribution >= 4 is 5.78 Å². The third-order valence-electron chi connectivity index (χ3n) is 3.19. The van der Waals surface area contributed by atoms with Crippen LogP contribution in [0.25, 0.3) is 0 Å². The van der Waals surface area contributed by atoms with Crippen LogP contribution in [-0.4, -0.2) is 33.6 Å². The average molecular weight is 221 g/mol. The van der Waals surface area contributed by atoms with Crippen molar-refractivity contribution in [1.82, 2.24) is 14.7 Å². The molecule has 0 N–H and O–H groups in total. The zero-order valence-electron chi connectivity index (χ0n) is 10.1. The lowest BCUT2D eigenvalue weighted by atomic mass is 10.1. The predicted molar refractivity (Wildman–Crippen MR) is 62.1 cm³/mol. The third kappa shape index (κ3) is 2.50. The monoisotopic (exact) mass is 221 g/mol. The average Bonchev–Trinajstić information content (AvgIpc) is 2.63. The molecule has 1 aliphatic heterocycles. The molecule has 16 heavy (non-hydrogen) atoms. The lowest BCUT2D eigenvalue weighted by Crippen LogP contribution is -2.33. The largest absolute Gasteiger partial charge is 0.300 e. The molecule has 88 valence electrons. The van der Waals surface area contributed by atoms with Crippen molar-refractivity contribution in [3.8, 4) is 0 Å². The Kier molecular flexibility index (Phi) is 3.39. The minimum atomic E-state index is 0.399. The van der Waals surface area contributed by atoms with Gasteiger partial charge in [-0.05, 0) is 12.5 Å². The number of piperidine rings is 1. The van der Waals surface area contributed by atoms with E-state index in [1.54, 1.807) is 0 Å². The van der Waals surface area contributed by atoms with Crippen molar-refractivity contribution < 1.29 is 4.79 Å². The van der Waals surface area contributed by atoms with Crippen molar-refractivity contribution in [2.24, 2.45) is 7.05 Å². The Bertz CT molecular complexity index is 374. The maximum atomic E-state index is 11.1. The number of hydrogen-bond donors (Lipinski definition) is 0. The fraction of sp³-hybridized carbons (Fsp3) is 0.667. The van der Waals surface area contributed by atoms with Gasteiger partial charge < -0.3 is 0 Å². The Morgan fingerprint density at radius 1 is 1.38 bits per heavy atom. The van der Waals surface area contributed by atoms with Crippen LogP contribution in [0.4, 0.5) is 0 Å². The van der Waals surface area contributed by atoms with Gasteiger partial charge in [-0.2, -0.15) is 5.10 Å². The van der Waals surface area contributed by atoms with E-state index in [9.17, 15) is 4.79 Å². The standard InChI is InChI=1S/C12H19N3O/c1-3-10-8-11(14(2)13-10)9-15-6-4-12(16)5-7-15/h8H,3-7,9H2,1-2H3. The van der Waals surface area contributed by atoms with Gasteiger partial charge in [0.2, 0.25) is 0 Å². The van der Waals surface area contributed by atoms with Crippen LogP contribution in [0.15, 0.2) is 6.07 Å². The fourth-order valence-electron chi connectivity index (χ4n) is 2.08. The summed E-state index contributed by atoms with van der Waals surface area (Å²) in [6.07, 6.45) is 2.39. The second-order valence-electron chi connectivity index (χ2n) is 4.42. The zero-order valence-corrected chi connectivity index (χ0v) is 10.1. The number of carbonyl (C=O) groups is 1. The highest BCUT2D eigenvalue weighted by Crippen LogP contribution is 2.12. The Balaban J connectivity index is 1.98. The molecule has 0 unspecified atom stereocenters. The Labute approximate surface area is 96.2 Å². The molecule has 0 aromatic carbocycles. The van der Waals surface area contributed by atoms with Crippen molar-refractivity contribution in [1.29, 1.82) is 0 Å². The fourth-order valence-corrected chi connectivity index (χ4v) is 2.08. The van der Waals surface area contributed by atoms with Gasteiger partial charge in [-0.25, -0.2) is 0 Å². The van der Waals surface area contributed by atoms with Gasteiger partial charge in [0.05, 0.1) is 11.4 Å². The molecule has 0 aliphatic carbocycles. The molecule has 1 aromatic rings. The highest BCUT2D eigenvalue weighted by molar-refractivity contribution is 5.79. The number of carbonyl (C=O) groups excluding carboxylic acids is 1. The molecule has 2 rings (SSSR count). The smallest absolute Gasteiger partial charge is 0.135 e. The number of ketones is 1. The number of likely N-dealkylation sites (tertiary alicyclic amines) is 1. The Morgan fingerprint density at radius 2 is 2.06 bits per heavy atom. The molecular formula is C12H19N3O. The van der Waals surface area contributed by atoms with Gasteiger partial charge in [-0.1, -0.05) is 6.92 Å². The summed E-state index contributed by atoms with van der Waals surface area (Å²) in [5.74, 6) is 0.399. The van der Waals surface area contributed by atoms with Crippen LogP contribution in [-0.2, 0) is 24.8 Å². The van der Waals surface area contributed by atoms with Crippen LogP contribution in [0.1, 0.15) is 31.2 Å². The second kappa shape index (κ2) is 4.78. The number of rotatable bonds is 3. The highest BCUT2D eigenvalue weighted by Gasteiger charge is 2.17. The van der Waals surface area contributed by atoms with Gasteiger partial charge in [0, 0.05) is 39.5 Å². The van der Waals surface area contributed by atoms with E-state index in [0.717, 1.165) is 31.7 Å². The van der Waals surface area contributed by atoms with Crippen molar-refractivity contribution in [3.05, 3.63) is 17.5 Å². The van der Waals surface area contributed by atoms with Crippen molar-refractivity contribution in [3.63, 3.8) is 0 Å². The van der Waals surface area contributed by atoms with Gasteiger partial charge in [-0.15, -0.1) is 0 Å². The van der Waals surface area contributed by atoms with Gasteiger partial charge in [0.25, 0.3) is 0 Å². The van der Waals surface area contributed by atoms with E-state index >= 15 is 0 Å². The van der Waals surface area contributed by atoms with Crippen LogP contribution < -0.4 is 0 Å². The molecule has 2 heterocycles. The molecule has 1 saturated heterocycles. The van der Waals surface area contributed by atoms with Crippen LogP contribution in [0.5, 0.6) is 0 Å². The number of aryl methyl sites for hydroxylation is 2. The summed E-state index contributed by atoms with van der Waals surface area (Å²) in [5, 5.41) is 4.43. The lowest BCUT2D eigenvalue weighted by Gasteiger charge is -2.25. The first kappa shape index (κ1) is 11.3. The summed E-state index contributed by atoms with van der Waals surface area (Å²) < 4.78 is 1.95. The van der Waals surface area contributed by atoms with Gasteiger partial charge >= 0.3 is 0 Å². The maximum absolute atomic E-state index is 11.1. The first-order valence-electron chi connectivity index (χ1n) is 5.95. The quantitative estimate of drug-likeness (QED) is 0.768. The predicted octanol–water partition coefficient (Wildman–Crippen LogP) is 1.15. The maximum Gasteiger partial charge on any atom is 0.135 e.